The van der Waals surface area contributed by atoms with Gasteiger partial charge in [0.1, 0.15) is 5.75 Å². The van der Waals surface area contributed by atoms with Crippen LogP contribution in [-0.2, 0) is 11.2 Å². The summed E-state index contributed by atoms with van der Waals surface area (Å²) < 4.78 is 6.40. The van der Waals surface area contributed by atoms with Crippen LogP contribution in [0.1, 0.15) is 35.7 Å². The van der Waals surface area contributed by atoms with Crippen molar-refractivity contribution in [2.45, 2.75) is 26.2 Å². The molecule has 6 nitrogen and oxygen atoms in total. The number of carbonyl (C=O) groups excluding carboxylic acids is 2. The third-order valence-corrected chi connectivity index (χ3v) is 5.61. The third kappa shape index (κ3) is 7.97. The monoisotopic (exact) mass is 539 g/mol. The smallest absolute Gasteiger partial charge is 0.257 e. The lowest BCUT2D eigenvalue weighted by molar-refractivity contribution is -0.115. The summed E-state index contributed by atoms with van der Waals surface area (Å²) in [5.41, 5.74) is 2.65. The molecular formula is C26H26BrN3O3S. The first-order chi connectivity index (χ1) is 16.4. The highest BCUT2D eigenvalue weighted by atomic mass is 79.9. The van der Waals surface area contributed by atoms with Crippen molar-refractivity contribution in [3.8, 4) is 5.75 Å². The van der Waals surface area contributed by atoms with Crippen LogP contribution < -0.4 is 20.7 Å². The van der Waals surface area contributed by atoms with Gasteiger partial charge in [-0.1, -0.05) is 49.7 Å². The number of hydrogen-bond donors (Lipinski definition) is 3. The fraction of sp³-hybridized carbons (Fsp3) is 0.192. The summed E-state index contributed by atoms with van der Waals surface area (Å²) in [6, 6.07) is 21.8. The van der Waals surface area contributed by atoms with Crippen LogP contribution in [0.5, 0.6) is 5.75 Å². The van der Waals surface area contributed by atoms with Gasteiger partial charge < -0.3 is 15.4 Å². The lowest BCUT2D eigenvalue weighted by atomic mass is 10.1. The van der Waals surface area contributed by atoms with E-state index in [0.717, 1.165) is 18.4 Å². The van der Waals surface area contributed by atoms with Crippen LogP contribution in [0.2, 0.25) is 0 Å². The van der Waals surface area contributed by atoms with Crippen molar-refractivity contribution in [1.29, 1.82) is 0 Å². The Kier molecular flexibility index (Phi) is 9.61. The van der Waals surface area contributed by atoms with Gasteiger partial charge in [-0.15, -0.1) is 0 Å². The quantitative estimate of drug-likeness (QED) is 0.232. The van der Waals surface area contributed by atoms with Crippen LogP contribution in [0.15, 0.2) is 77.3 Å². The summed E-state index contributed by atoms with van der Waals surface area (Å²) in [7, 11) is 0. The van der Waals surface area contributed by atoms with Crippen molar-refractivity contribution in [1.82, 2.24) is 5.32 Å². The number of unbranched alkanes of at least 4 members (excludes halogenated alkanes) is 1. The Morgan fingerprint density at radius 3 is 2.38 bits per heavy atom. The van der Waals surface area contributed by atoms with Gasteiger partial charge in [-0.2, -0.15) is 0 Å². The summed E-state index contributed by atoms with van der Waals surface area (Å²) in [5, 5.41) is 8.67. The third-order valence-electron chi connectivity index (χ3n) is 4.79. The van der Waals surface area contributed by atoms with Crippen molar-refractivity contribution >= 4 is 56.4 Å². The van der Waals surface area contributed by atoms with Crippen LogP contribution in [0.3, 0.4) is 0 Å². The maximum atomic E-state index is 12.6. The van der Waals surface area contributed by atoms with Gasteiger partial charge in [0.25, 0.3) is 5.91 Å². The molecule has 0 unspecified atom stereocenters. The predicted molar refractivity (Wildman–Crippen MR) is 143 cm³/mol. The maximum absolute atomic E-state index is 12.6. The fourth-order valence-electron chi connectivity index (χ4n) is 3.08. The molecule has 3 rings (SSSR count). The molecule has 0 heterocycles. The topological polar surface area (TPSA) is 79.5 Å². The Morgan fingerprint density at radius 1 is 0.941 bits per heavy atom. The Hall–Kier alpha value is -3.23. The zero-order chi connectivity index (χ0) is 24.3. The molecule has 0 aliphatic rings. The van der Waals surface area contributed by atoms with Gasteiger partial charge in [0, 0.05) is 16.9 Å². The first-order valence-corrected chi connectivity index (χ1v) is 12.1. The van der Waals surface area contributed by atoms with Gasteiger partial charge in [-0.3, -0.25) is 14.9 Å². The molecule has 0 aromatic heterocycles. The van der Waals surface area contributed by atoms with Crippen molar-refractivity contribution in [2.75, 3.05) is 17.2 Å². The molecule has 3 aromatic rings. The largest absolute Gasteiger partial charge is 0.492 e. The molecule has 0 saturated carbocycles. The van der Waals surface area contributed by atoms with E-state index in [-0.39, 0.29) is 23.3 Å². The molecule has 0 atom stereocenters. The van der Waals surface area contributed by atoms with E-state index in [4.69, 9.17) is 17.0 Å². The lowest BCUT2D eigenvalue weighted by Gasteiger charge is -2.12. The van der Waals surface area contributed by atoms with E-state index in [1.54, 1.807) is 42.5 Å². The van der Waals surface area contributed by atoms with Gasteiger partial charge in [0.05, 0.1) is 17.5 Å². The minimum absolute atomic E-state index is 0.119. The van der Waals surface area contributed by atoms with Crippen LogP contribution in [0.4, 0.5) is 11.4 Å². The number of thiocarbonyl (C=S) groups is 1. The molecule has 0 radical (unpaired) electrons. The van der Waals surface area contributed by atoms with Gasteiger partial charge >= 0.3 is 0 Å². The molecule has 176 valence electrons. The van der Waals surface area contributed by atoms with E-state index in [1.165, 1.54) is 0 Å². The average molecular weight is 540 g/mol. The van der Waals surface area contributed by atoms with Crippen LogP contribution in [-0.4, -0.2) is 23.5 Å². The zero-order valence-corrected chi connectivity index (χ0v) is 21.2. The number of halogens is 1. The first kappa shape index (κ1) is 25.4. The van der Waals surface area contributed by atoms with Gasteiger partial charge in [0.2, 0.25) is 5.91 Å². The zero-order valence-electron chi connectivity index (χ0n) is 18.8. The number of benzene rings is 3. The van der Waals surface area contributed by atoms with E-state index >= 15 is 0 Å². The summed E-state index contributed by atoms with van der Waals surface area (Å²) in [5.74, 6) is 0.231. The number of rotatable bonds is 9. The van der Waals surface area contributed by atoms with Gasteiger partial charge in [-0.05, 0) is 76.5 Å². The van der Waals surface area contributed by atoms with Crippen molar-refractivity contribution in [3.05, 3.63) is 88.4 Å². The minimum Gasteiger partial charge on any atom is -0.492 e. The molecule has 0 aliphatic heterocycles. The summed E-state index contributed by atoms with van der Waals surface area (Å²) in [6.45, 7) is 2.72. The van der Waals surface area contributed by atoms with Crippen molar-refractivity contribution in [2.24, 2.45) is 0 Å². The maximum Gasteiger partial charge on any atom is 0.257 e. The van der Waals surface area contributed by atoms with Crippen LogP contribution in [0.25, 0.3) is 0 Å². The molecule has 0 bridgehead atoms. The molecule has 3 aromatic carbocycles. The summed E-state index contributed by atoms with van der Waals surface area (Å²) in [6.07, 6.45) is 2.29. The second kappa shape index (κ2) is 12.9. The molecule has 0 aliphatic carbocycles. The Bertz CT molecular complexity index is 1160. The summed E-state index contributed by atoms with van der Waals surface area (Å²) in [4.78, 5) is 24.9. The van der Waals surface area contributed by atoms with E-state index in [1.807, 2.05) is 30.3 Å². The first-order valence-electron chi connectivity index (χ1n) is 10.9. The number of anilines is 2. The molecular weight excluding hydrogens is 514 g/mol. The number of nitrogens with one attached hydrogen (secondary N) is 3. The molecule has 0 fully saturated rings. The van der Waals surface area contributed by atoms with Crippen molar-refractivity contribution < 1.29 is 14.3 Å². The lowest BCUT2D eigenvalue weighted by Crippen LogP contribution is -2.34. The number of amides is 2. The Morgan fingerprint density at radius 2 is 1.68 bits per heavy atom. The van der Waals surface area contributed by atoms with E-state index in [9.17, 15) is 9.59 Å². The molecule has 2 amide bonds. The molecule has 3 N–H and O–H groups in total. The Labute approximate surface area is 213 Å². The average Bonchev–Trinajstić information content (AvgIpc) is 2.81. The minimum atomic E-state index is -0.342. The van der Waals surface area contributed by atoms with Crippen molar-refractivity contribution in [3.63, 3.8) is 0 Å². The van der Waals surface area contributed by atoms with E-state index < -0.39 is 0 Å². The molecule has 0 spiro atoms. The van der Waals surface area contributed by atoms with Crippen LogP contribution in [0, 0.1) is 0 Å². The number of hydrogen-bond acceptors (Lipinski definition) is 4. The molecule has 8 heteroatoms. The second-order valence-corrected chi connectivity index (χ2v) is 8.81. The normalized spacial score (nSPS) is 10.3. The van der Waals surface area contributed by atoms with Gasteiger partial charge in [0.15, 0.2) is 5.11 Å². The SMILES string of the molecule is CCCCOc1ccc(C(=O)NC(=S)Nc2cccc(NC(=O)Cc3ccccc3)c2)cc1Br. The highest BCUT2D eigenvalue weighted by molar-refractivity contribution is 9.10. The Balaban J connectivity index is 1.54. The number of ether oxygens (including phenoxy) is 1. The highest BCUT2D eigenvalue weighted by Crippen LogP contribution is 2.26. The van der Waals surface area contributed by atoms with E-state index in [0.29, 0.717) is 33.8 Å². The van der Waals surface area contributed by atoms with Crippen LogP contribution >= 0.6 is 28.1 Å². The van der Waals surface area contributed by atoms with Gasteiger partial charge in [-0.25, -0.2) is 0 Å². The van der Waals surface area contributed by atoms with E-state index in [2.05, 4.69) is 38.8 Å². The standard InChI is InChI=1S/C26H26BrN3O3S/c1-2-3-14-33-23-13-12-19(16-22(23)27)25(32)30-26(34)29-21-11-7-10-20(17-21)28-24(31)15-18-8-5-4-6-9-18/h4-13,16-17H,2-3,14-15H2,1H3,(H,28,31)(H2,29,30,32,34). The summed E-state index contributed by atoms with van der Waals surface area (Å²) >= 11 is 8.74. The second-order valence-electron chi connectivity index (χ2n) is 7.55. The predicted octanol–water partition coefficient (Wildman–Crippen LogP) is 5.94. The fourth-order valence-corrected chi connectivity index (χ4v) is 3.79. The molecule has 0 saturated heterocycles. The number of carbonyl (C=O) groups is 2. The highest BCUT2D eigenvalue weighted by Gasteiger charge is 2.12. The molecule has 34 heavy (non-hydrogen) atoms.